The van der Waals surface area contributed by atoms with Gasteiger partial charge in [-0.1, -0.05) is 0 Å². The second-order valence-electron chi connectivity index (χ2n) is 4.44. The van der Waals surface area contributed by atoms with Crippen LogP contribution >= 0.6 is 31.9 Å². The molecule has 1 aliphatic rings. The van der Waals surface area contributed by atoms with Crippen molar-refractivity contribution in [3.8, 4) is 0 Å². The average Bonchev–Trinajstić information content (AvgIpc) is 2.34. The molecule has 4 nitrogen and oxygen atoms in total. The summed E-state index contributed by atoms with van der Waals surface area (Å²) in [5.41, 5.74) is 0. The van der Waals surface area contributed by atoms with Gasteiger partial charge in [0.15, 0.2) is 0 Å². The monoisotopic (exact) mass is 377 g/mol. The number of hydrogen-bond acceptors (Lipinski definition) is 4. The van der Waals surface area contributed by atoms with Gasteiger partial charge in [-0.15, -0.1) is 0 Å². The van der Waals surface area contributed by atoms with Crippen LogP contribution in [0.4, 0.5) is 5.82 Å². The molecule has 0 radical (unpaired) electrons. The molecule has 6 heteroatoms. The van der Waals surface area contributed by atoms with Crippen LogP contribution in [-0.4, -0.2) is 48.8 Å². The topological polar surface area (TPSA) is 37.4 Å². The van der Waals surface area contributed by atoms with Gasteiger partial charge in [-0.2, -0.15) is 0 Å². The lowest BCUT2D eigenvalue weighted by molar-refractivity contribution is 0.0368. The van der Waals surface area contributed by atoms with E-state index < -0.39 is 0 Å². The zero-order chi connectivity index (χ0) is 13.0. The molecule has 0 saturated carbocycles. The number of nitrogens with zero attached hydrogens (tertiary/aromatic N) is 2. The number of pyridine rings is 1. The molecule has 0 aliphatic carbocycles. The van der Waals surface area contributed by atoms with E-state index in [0.29, 0.717) is 6.04 Å². The van der Waals surface area contributed by atoms with Crippen LogP contribution in [0.5, 0.6) is 0 Å². The minimum Gasteiger partial charge on any atom is -0.379 e. The molecule has 1 N–H and O–H groups in total. The Hall–Kier alpha value is -0.170. The lowest BCUT2D eigenvalue weighted by atomic mass is 10.3. The summed E-state index contributed by atoms with van der Waals surface area (Å²) in [6.45, 7) is 6.89. The standard InChI is InChI=1S/C12H17Br2N3O/c1-9(8-17-2-4-18-5-3-17)16-12-11(14)6-10(13)7-15-12/h6-7,9H,2-5,8H2,1H3,(H,15,16). The first kappa shape index (κ1) is 14.2. The van der Waals surface area contributed by atoms with Crippen molar-refractivity contribution in [2.45, 2.75) is 13.0 Å². The Kier molecular flexibility index (Phi) is 5.41. The summed E-state index contributed by atoms with van der Waals surface area (Å²) in [6, 6.07) is 2.35. The van der Waals surface area contributed by atoms with Crippen LogP contribution in [0.2, 0.25) is 0 Å². The first-order chi connectivity index (χ1) is 8.65. The van der Waals surface area contributed by atoms with Crippen LogP contribution in [0.3, 0.4) is 0 Å². The highest BCUT2D eigenvalue weighted by atomic mass is 79.9. The summed E-state index contributed by atoms with van der Waals surface area (Å²) in [5, 5.41) is 3.42. The van der Waals surface area contributed by atoms with E-state index in [9.17, 15) is 0 Å². The Morgan fingerprint density at radius 3 is 2.83 bits per heavy atom. The van der Waals surface area contributed by atoms with Crippen LogP contribution in [0, 0.1) is 0 Å². The smallest absolute Gasteiger partial charge is 0.140 e. The molecular weight excluding hydrogens is 362 g/mol. The minimum atomic E-state index is 0.355. The third kappa shape index (κ3) is 4.19. The van der Waals surface area contributed by atoms with Gasteiger partial charge in [-0.3, -0.25) is 4.90 Å². The zero-order valence-corrected chi connectivity index (χ0v) is 13.5. The Bertz CT molecular complexity index is 397. The largest absolute Gasteiger partial charge is 0.379 e. The molecule has 1 fully saturated rings. The second-order valence-corrected chi connectivity index (χ2v) is 6.21. The molecule has 1 unspecified atom stereocenters. The third-order valence-corrected chi connectivity index (χ3v) is 3.86. The number of nitrogens with one attached hydrogen (secondary N) is 1. The van der Waals surface area contributed by atoms with Crippen molar-refractivity contribution >= 4 is 37.7 Å². The van der Waals surface area contributed by atoms with Crippen molar-refractivity contribution in [2.24, 2.45) is 0 Å². The van der Waals surface area contributed by atoms with Gasteiger partial charge >= 0.3 is 0 Å². The third-order valence-electron chi connectivity index (χ3n) is 2.83. The molecule has 0 aromatic carbocycles. The summed E-state index contributed by atoms with van der Waals surface area (Å²) < 4.78 is 7.30. The Morgan fingerprint density at radius 2 is 2.17 bits per heavy atom. The van der Waals surface area contributed by atoms with Crippen molar-refractivity contribution in [2.75, 3.05) is 38.2 Å². The summed E-state index contributed by atoms with van der Waals surface area (Å²) in [6.07, 6.45) is 1.80. The average molecular weight is 379 g/mol. The van der Waals surface area contributed by atoms with Gasteiger partial charge in [-0.25, -0.2) is 4.98 Å². The van der Waals surface area contributed by atoms with Crippen LogP contribution in [-0.2, 0) is 4.74 Å². The fourth-order valence-electron chi connectivity index (χ4n) is 1.97. The van der Waals surface area contributed by atoms with E-state index in [2.05, 4.69) is 54.0 Å². The zero-order valence-electron chi connectivity index (χ0n) is 10.3. The molecule has 1 aliphatic heterocycles. The van der Waals surface area contributed by atoms with Gasteiger partial charge in [0.2, 0.25) is 0 Å². The summed E-state index contributed by atoms with van der Waals surface area (Å²) in [4.78, 5) is 6.77. The van der Waals surface area contributed by atoms with E-state index in [4.69, 9.17) is 4.74 Å². The van der Waals surface area contributed by atoms with Crippen molar-refractivity contribution in [3.63, 3.8) is 0 Å². The molecule has 1 aromatic heterocycles. The fraction of sp³-hybridized carbons (Fsp3) is 0.583. The van der Waals surface area contributed by atoms with Gasteiger partial charge < -0.3 is 10.1 Å². The molecule has 0 spiro atoms. The van der Waals surface area contributed by atoms with Gasteiger partial charge in [0, 0.05) is 36.3 Å². The first-order valence-corrected chi connectivity index (χ1v) is 7.61. The summed E-state index contributed by atoms with van der Waals surface area (Å²) in [5.74, 6) is 0.888. The number of aromatic nitrogens is 1. The van der Waals surface area contributed by atoms with Crippen LogP contribution in [0.25, 0.3) is 0 Å². The summed E-state index contributed by atoms with van der Waals surface area (Å²) >= 11 is 6.91. The minimum absolute atomic E-state index is 0.355. The Labute approximate surface area is 124 Å². The molecule has 1 atom stereocenters. The number of ether oxygens (including phenoxy) is 1. The molecule has 100 valence electrons. The molecule has 1 saturated heterocycles. The Balaban J connectivity index is 1.87. The lowest BCUT2D eigenvalue weighted by Gasteiger charge is -2.29. The quantitative estimate of drug-likeness (QED) is 0.874. The predicted octanol–water partition coefficient (Wildman–Crippen LogP) is 2.74. The van der Waals surface area contributed by atoms with Crippen molar-refractivity contribution in [1.29, 1.82) is 0 Å². The van der Waals surface area contributed by atoms with Crippen molar-refractivity contribution in [3.05, 3.63) is 21.2 Å². The van der Waals surface area contributed by atoms with E-state index in [0.717, 1.165) is 47.6 Å². The number of halogens is 2. The maximum atomic E-state index is 5.34. The van der Waals surface area contributed by atoms with E-state index in [-0.39, 0.29) is 0 Å². The number of rotatable bonds is 4. The van der Waals surface area contributed by atoms with Crippen LogP contribution in [0.15, 0.2) is 21.2 Å². The Morgan fingerprint density at radius 1 is 1.44 bits per heavy atom. The highest BCUT2D eigenvalue weighted by Gasteiger charge is 2.14. The van der Waals surface area contributed by atoms with E-state index in [1.165, 1.54) is 0 Å². The molecule has 2 heterocycles. The predicted molar refractivity (Wildman–Crippen MR) is 80.0 cm³/mol. The second kappa shape index (κ2) is 6.84. The van der Waals surface area contributed by atoms with Gasteiger partial charge in [0.25, 0.3) is 0 Å². The van der Waals surface area contributed by atoms with Crippen LogP contribution < -0.4 is 5.32 Å². The molecule has 0 amide bonds. The molecule has 2 rings (SSSR count). The molecule has 1 aromatic rings. The van der Waals surface area contributed by atoms with E-state index >= 15 is 0 Å². The van der Waals surface area contributed by atoms with Crippen molar-refractivity contribution < 1.29 is 4.74 Å². The number of anilines is 1. The van der Waals surface area contributed by atoms with Gasteiger partial charge in [0.05, 0.1) is 17.7 Å². The van der Waals surface area contributed by atoms with Gasteiger partial charge in [-0.05, 0) is 44.8 Å². The highest BCUT2D eigenvalue weighted by molar-refractivity contribution is 9.11. The van der Waals surface area contributed by atoms with E-state index in [1.807, 2.05) is 6.07 Å². The fourth-order valence-corrected chi connectivity index (χ4v) is 3.07. The van der Waals surface area contributed by atoms with E-state index in [1.54, 1.807) is 6.20 Å². The number of morpholine rings is 1. The maximum absolute atomic E-state index is 5.34. The number of hydrogen-bond donors (Lipinski definition) is 1. The molecule has 0 bridgehead atoms. The first-order valence-electron chi connectivity index (χ1n) is 6.03. The molecular formula is C12H17Br2N3O. The summed E-state index contributed by atoms with van der Waals surface area (Å²) in [7, 11) is 0. The lowest BCUT2D eigenvalue weighted by Crippen LogP contribution is -2.42. The van der Waals surface area contributed by atoms with Crippen molar-refractivity contribution in [1.82, 2.24) is 9.88 Å². The van der Waals surface area contributed by atoms with Gasteiger partial charge in [0.1, 0.15) is 5.82 Å². The highest BCUT2D eigenvalue weighted by Crippen LogP contribution is 2.24. The SMILES string of the molecule is CC(CN1CCOCC1)Nc1ncc(Br)cc1Br. The maximum Gasteiger partial charge on any atom is 0.140 e. The molecule has 18 heavy (non-hydrogen) atoms. The van der Waals surface area contributed by atoms with Crippen LogP contribution in [0.1, 0.15) is 6.92 Å². The normalized spacial score (nSPS) is 18.6.